The van der Waals surface area contributed by atoms with Crippen LogP contribution in [0.25, 0.3) is 0 Å². The summed E-state index contributed by atoms with van der Waals surface area (Å²) in [6.07, 6.45) is 8.50. The van der Waals surface area contributed by atoms with Crippen LogP contribution < -0.4 is 9.80 Å². The van der Waals surface area contributed by atoms with Crippen LogP contribution in [0, 0.1) is 6.92 Å². The molecule has 0 amide bonds. The third-order valence-electron chi connectivity index (χ3n) is 4.74. The summed E-state index contributed by atoms with van der Waals surface area (Å²) >= 11 is 1.56. The number of nitrogens with zero attached hydrogens (tertiary/aromatic N) is 6. The summed E-state index contributed by atoms with van der Waals surface area (Å²) in [5, 5.41) is 1.10. The van der Waals surface area contributed by atoms with Crippen LogP contribution in [0.1, 0.15) is 43.0 Å². The van der Waals surface area contributed by atoms with E-state index >= 15 is 0 Å². The molecule has 0 spiro atoms. The maximum Gasteiger partial charge on any atom is 0.225 e. The van der Waals surface area contributed by atoms with E-state index in [1.807, 2.05) is 19.3 Å². The van der Waals surface area contributed by atoms with E-state index in [-0.39, 0.29) is 0 Å². The van der Waals surface area contributed by atoms with Gasteiger partial charge in [0.25, 0.3) is 0 Å². The molecule has 4 rings (SSSR count). The highest BCUT2D eigenvalue weighted by atomic mass is 32.1. The van der Waals surface area contributed by atoms with Gasteiger partial charge in [-0.25, -0.2) is 15.0 Å². The van der Waals surface area contributed by atoms with Gasteiger partial charge in [-0.15, -0.1) is 0 Å². The Morgan fingerprint density at radius 2 is 1.83 bits per heavy atom. The maximum absolute atomic E-state index is 4.73. The lowest BCUT2D eigenvalue weighted by atomic mass is 10.0. The molecule has 2 aromatic heterocycles. The molecule has 0 aromatic carbocycles. The average Bonchev–Trinajstić information content (AvgIpc) is 3.32. The molecule has 2 fully saturated rings. The van der Waals surface area contributed by atoms with Crippen molar-refractivity contribution in [1.82, 2.24) is 19.3 Å². The summed E-state index contributed by atoms with van der Waals surface area (Å²) in [4.78, 5) is 18.2. The third kappa shape index (κ3) is 3.15. The summed E-state index contributed by atoms with van der Waals surface area (Å²) < 4.78 is 4.52. The topological polar surface area (TPSA) is 58.0 Å². The zero-order valence-corrected chi connectivity index (χ0v) is 14.5. The second-order valence-electron chi connectivity index (χ2n) is 6.60. The largest absolute Gasteiger partial charge is 0.347 e. The number of hydrogen-bond acceptors (Lipinski definition) is 7. The molecule has 1 saturated carbocycles. The number of hydrogen-bond donors (Lipinski definition) is 0. The van der Waals surface area contributed by atoms with Crippen molar-refractivity contribution in [3.05, 3.63) is 23.8 Å². The van der Waals surface area contributed by atoms with Crippen LogP contribution in [-0.4, -0.2) is 45.5 Å². The van der Waals surface area contributed by atoms with Gasteiger partial charge in [-0.05, 0) is 38.2 Å². The highest BCUT2D eigenvalue weighted by Gasteiger charge is 2.30. The lowest BCUT2D eigenvalue weighted by Gasteiger charge is -2.36. The first kappa shape index (κ1) is 14.8. The first-order valence-electron chi connectivity index (χ1n) is 8.31. The molecule has 1 aliphatic carbocycles. The highest BCUT2D eigenvalue weighted by Crippen LogP contribution is 2.40. The third-order valence-corrected chi connectivity index (χ3v) is 5.53. The second kappa shape index (κ2) is 6.03. The predicted octanol–water partition coefficient (Wildman–Crippen LogP) is 2.62. The van der Waals surface area contributed by atoms with Gasteiger partial charge in [0.1, 0.15) is 5.82 Å². The lowest BCUT2D eigenvalue weighted by Crippen LogP contribution is -2.44. The van der Waals surface area contributed by atoms with Crippen LogP contribution in [0.4, 0.5) is 11.1 Å². The summed E-state index contributed by atoms with van der Waals surface area (Å²) in [5.74, 6) is 2.53. The number of anilines is 2. The zero-order valence-electron chi connectivity index (χ0n) is 13.6. The van der Waals surface area contributed by atoms with Crippen molar-refractivity contribution in [3.63, 3.8) is 0 Å². The van der Waals surface area contributed by atoms with Crippen molar-refractivity contribution < 1.29 is 0 Å². The van der Waals surface area contributed by atoms with E-state index in [1.165, 1.54) is 12.8 Å². The number of rotatable bonds is 4. The molecule has 0 unspecified atom stereocenters. The number of aromatic nitrogens is 4. The molecule has 23 heavy (non-hydrogen) atoms. The van der Waals surface area contributed by atoms with Gasteiger partial charge in [-0.1, -0.05) is 0 Å². The van der Waals surface area contributed by atoms with E-state index in [0.29, 0.717) is 12.0 Å². The quantitative estimate of drug-likeness (QED) is 0.859. The SMILES string of the molecule is Cc1cnc(N(C)C2CCN(c3nc(C4CC4)ns3)CC2)nc1. The first-order valence-corrected chi connectivity index (χ1v) is 9.08. The molecule has 6 nitrogen and oxygen atoms in total. The van der Waals surface area contributed by atoms with E-state index < -0.39 is 0 Å². The molecular weight excluding hydrogens is 308 g/mol. The summed E-state index contributed by atoms with van der Waals surface area (Å²) in [7, 11) is 2.10. The fourth-order valence-corrected chi connectivity index (χ4v) is 3.84. The molecule has 3 heterocycles. The van der Waals surface area contributed by atoms with Gasteiger partial charge in [0.05, 0.1) is 0 Å². The van der Waals surface area contributed by atoms with Crippen LogP contribution in [-0.2, 0) is 0 Å². The standard InChI is InChI=1S/C16H22N6S/c1-11-9-17-15(18-10-11)21(2)13-5-7-22(8-6-13)16-19-14(20-23-16)12-3-4-12/h9-10,12-13H,3-8H2,1-2H3. The predicted molar refractivity (Wildman–Crippen MR) is 92.3 cm³/mol. The van der Waals surface area contributed by atoms with E-state index in [4.69, 9.17) is 4.98 Å². The second-order valence-corrected chi connectivity index (χ2v) is 7.33. The van der Waals surface area contributed by atoms with E-state index in [2.05, 4.69) is 31.2 Å². The normalized spacial score (nSPS) is 19.1. The maximum atomic E-state index is 4.73. The van der Waals surface area contributed by atoms with Gasteiger partial charge < -0.3 is 9.80 Å². The fraction of sp³-hybridized carbons (Fsp3) is 0.625. The number of piperidine rings is 1. The van der Waals surface area contributed by atoms with Gasteiger partial charge in [0, 0.05) is 56.0 Å². The van der Waals surface area contributed by atoms with Crippen LogP contribution in [0.3, 0.4) is 0 Å². The molecule has 1 saturated heterocycles. The van der Waals surface area contributed by atoms with Gasteiger partial charge in [0.2, 0.25) is 11.1 Å². The lowest BCUT2D eigenvalue weighted by molar-refractivity contribution is 0.477. The number of aryl methyl sites for hydroxylation is 1. The Hall–Kier alpha value is -1.76. The summed E-state index contributed by atoms with van der Waals surface area (Å²) in [6.45, 7) is 4.07. The molecule has 0 bridgehead atoms. The van der Waals surface area contributed by atoms with Crippen LogP contribution >= 0.6 is 11.5 Å². The van der Waals surface area contributed by atoms with E-state index in [9.17, 15) is 0 Å². The monoisotopic (exact) mass is 330 g/mol. The van der Waals surface area contributed by atoms with Crippen molar-refractivity contribution in [3.8, 4) is 0 Å². The van der Waals surface area contributed by atoms with Gasteiger partial charge in [-0.2, -0.15) is 4.37 Å². The molecule has 122 valence electrons. The van der Waals surface area contributed by atoms with Gasteiger partial charge >= 0.3 is 0 Å². The highest BCUT2D eigenvalue weighted by molar-refractivity contribution is 7.09. The van der Waals surface area contributed by atoms with Gasteiger partial charge in [-0.3, -0.25) is 0 Å². The Kier molecular flexibility index (Phi) is 3.88. The molecule has 1 aliphatic heterocycles. The molecule has 7 heteroatoms. The molecular formula is C16H22N6S. The van der Waals surface area contributed by atoms with E-state index in [0.717, 1.165) is 48.4 Å². The van der Waals surface area contributed by atoms with Crippen molar-refractivity contribution >= 4 is 22.6 Å². The minimum Gasteiger partial charge on any atom is -0.347 e. The minimum absolute atomic E-state index is 0.491. The Morgan fingerprint density at radius 1 is 1.13 bits per heavy atom. The van der Waals surface area contributed by atoms with Crippen LogP contribution in [0.15, 0.2) is 12.4 Å². The molecule has 0 atom stereocenters. The molecule has 0 radical (unpaired) electrons. The average molecular weight is 330 g/mol. The molecule has 0 N–H and O–H groups in total. The minimum atomic E-state index is 0.491. The smallest absolute Gasteiger partial charge is 0.225 e. The van der Waals surface area contributed by atoms with Crippen LogP contribution in [0.5, 0.6) is 0 Å². The van der Waals surface area contributed by atoms with Crippen molar-refractivity contribution in [1.29, 1.82) is 0 Å². The Morgan fingerprint density at radius 3 is 2.48 bits per heavy atom. The van der Waals surface area contributed by atoms with E-state index in [1.54, 1.807) is 11.5 Å². The van der Waals surface area contributed by atoms with Crippen molar-refractivity contribution in [2.45, 2.75) is 44.6 Å². The molecule has 2 aromatic rings. The molecule has 2 aliphatic rings. The van der Waals surface area contributed by atoms with Crippen LogP contribution in [0.2, 0.25) is 0 Å². The Labute approximate surface area is 140 Å². The van der Waals surface area contributed by atoms with Crippen molar-refractivity contribution in [2.75, 3.05) is 29.9 Å². The zero-order chi connectivity index (χ0) is 15.8. The van der Waals surface area contributed by atoms with Crippen molar-refractivity contribution in [2.24, 2.45) is 0 Å². The summed E-state index contributed by atoms with van der Waals surface area (Å²) in [6, 6.07) is 0.491. The van der Waals surface area contributed by atoms with Gasteiger partial charge in [0.15, 0.2) is 0 Å². The Bertz CT molecular complexity index is 657. The summed E-state index contributed by atoms with van der Waals surface area (Å²) in [5.41, 5.74) is 1.10. The fourth-order valence-electron chi connectivity index (χ4n) is 3.04. The first-order chi connectivity index (χ1) is 11.2. The Balaban J connectivity index is 1.37.